The van der Waals surface area contributed by atoms with Gasteiger partial charge < -0.3 is 10.3 Å². The lowest BCUT2D eigenvalue weighted by atomic mass is 10.1. The number of fused-ring (bicyclic) bond motifs is 1. The molecule has 4 aromatic rings. The van der Waals surface area contributed by atoms with Crippen LogP contribution < -0.4 is 5.32 Å². The van der Waals surface area contributed by atoms with Crippen LogP contribution in [0.1, 0.15) is 11.6 Å². The van der Waals surface area contributed by atoms with Crippen LogP contribution in [0, 0.1) is 0 Å². The fourth-order valence-electron chi connectivity index (χ4n) is 2.70. The molecule has 1 aromatic carbocycles. The van der Waals surface area contributed by atoms with E-state index < -0.39 is 0 Å². The molecule has 1 unspecified atom stereocenters. The van der Waals surface area contributed by atoms with E-state index in [1.165, 1.54) is 5.56 Å². The predicted octanol–water partition coefficient (Wildman–Crippen LogP) is 3.61. The Hall–Kier alpha value is -3.08. The Morgan fingerprint density at radius 1 is 1.04 bits per heavy atom. The summed E-state index contributed by atoms with van der Waals surface area (Å²) >= 11 is 0. The zero-order valence-electron chi connectivity index (χ0n) is 12.6. The highest BCUT2D eigenvalue weighted by Crippen LogP contribution is 2.21. The summed E-state index contributed by atoms with van der Waals surface area (Å²) in [5.74, 6) is 0.848. The third kappa shape index (κ3) is 2.94. The molecule has 3 aromatic heterocycles. The number of aromatic nitrogens is 4. The van der Waals surface area contributed by atoms with Crippen molar-refractivity contribution in [2.24, 2.45) is 0 Å². The average molecular weight is 303 g/mol. The molecule has 2 N–H and O–H groups in total. The van der Waals surface area contributed by atoms with Gasteiger partial charge in [0.25, 0.3) is 0 Å². The third-order valence-electron chi connectivity index (χ3n) is 3.86. The Bertz CT molecular complexity index is 880. The SMILES string of the molecule is c1ccc(C(Cn2cccn2)Nc2ccc3cc[nH]c3n2)cc1. The van der Waals surface area contributed by atoms with Gasteiger partial charge in [-0.3, -0.25) is 4.68 Å². The fraction of sp³-hybridized carbons (Fsp3) is 0.111. The highest BCUT2D eigenvalue weighted by Gasteiger charge is 2.13. The van der Waals surface area contributed by atoms with Crippen molar-refractivity contribution in [1.82, 2.24) is 19.7 Å². The summed E-state index contributed by atoms with van der Waals surface area (Å²) in [6.45, 7) is 0.738. The number of nitrogens with zero attached hydrogens (tertiary/aromatic N) is 3. The molecule has 4 rings (SSSR count). The second-order valence-electron chi connectivity index (χ2n) is 5.45. The van der Waals surface area contributed by atoms with E-state index in [0.29, 0.717) is 0 Å². The van der Waals surface area contributed by atoms with Gasteiger partial charge >= 0.3 is 0 Å². The Morgan fingerprint density at radius 2 is 1.96 bits per heavy atom. The van der Waals surface area contributed by atoms with Crippen molar-refractivity contribution in [2.75, 3.05) is 5.32 Å². The summed E-state index contributed by atoms with van der Waals surface area (Å²) in [4.78, 5) is 7.78. The first kappa shape index (κ1) is 13.6. The molecular weight excluding hydrogens is 286 g/mol. The molecule has 0 fully saturated rings. The number of aromatic amines is 1. The molecule has 3 heterocycles. The zero-order valence-corrected chi connectivity index (χ0v) is 12.6. The molecule has 5 nitrogen and oxygen atoms in total. The molecule has 0 aliphatic carbocycles. The molecule has 0 saturated carbocycles. The van der Waals surface area contributed by atoms with Gasteiger partial charge in [0.15, 0.2) is 0 Å². The number of benzene rings is 1. The van der Waals surface area contributed by atoms with Crippen molar-refractivity contribution in [3.63, 3.8) is 0 Å². The molecule has 114 valence electrons. The summed E-state index contributed by atoms with van der Waals surface area (Å²) in [6.07, 6.45) is 5.67. The molecule has 0 radical (unpaired) electrons. The lowest BCUT2D eigenvalue weighted by Crippen LogP contribution is -2.18. The molecule has 5 heteroatoms. The molecule has 1 atom stereocenters. The topological polar surface area (TPSA) is 58.5 Å². The van der Waals surface area contributed by atoms with Crippen molar-refractivity contribution in [3.05, 3.63) is 78.8 Å². The number of H-pyrrole nitrogens is 1. The van der Waals surface area contributed by atoms with E-state index in [9.17, 15) is 0 Å². The van der Waals surface area contributed by atoms with E-state index in [0.717, 1.165) is 23.4 Å². The maximum Gasteiger partial charge on any atom is 0.139 e. The lowest BCUT2D eigenvalue weighted by molar-refractivity contribution is 0.550. The van der Waals surface area contributed by atoms with E-state index >= 15 is 0 Å². The monoisotopic (exact) mass is 303 g/mol. The third-order valence-corrected chi connectivity index (χ3v) is 3.86. The van der Waals surface area contributed by atoms with Crippen molar-refractivity contribution < 1.29 is 0 Å². The van der Waals surface area contributed by atoms with Crippen LogP contribution in [-0.2, 0) is 6.54 Å². The van der Waals surface area contributed by atoms with Gasteiger partial charge in [0, 0.05) is 24.0 Å². The van der Waals surface area contributed by atoms with E-state index in [4.69, 9.17) is 0 Å². The molecule has 0 saturated heterocycles. The van der Waals surface area contributed by atoms with Crippen LogP contribution in [0.15, 0.2) is 73.2 Å². The highest BCUT2D eigenvalue weighted by atomic mass is 15.3. The first-order valence-electron chi connectivity index (χ1n) is 7.61. The molecule has 0 spiro atoms. The first-order chi connectivity index (χ1) is 11.4. The van der Waals surface area contributed by atoms with Crippen LogP contribution in [0.5, 0.6) is 0 Å². The molecule has 0 aliphatic rings. The summed E-state index contributed by atoms with van der Waals surface area (Å²) in [7, 11) is 0. The van der Waals surface area contributed by atoms with E-state index in [2.05, 4.69) is 50.7 Å². The predicted molar refractivity (Wildman–Crippen MR) is 91.1 cm³/mol. The van der Waals surface area contributed by atoms with Crippen LogP contribution in [0.2, 0.25) is 0 Å². The van der Waals surface area contributed by atoms with Gasteiger partial charge in [-0.1, -0.05) is 30.3 Å². The smallest absolute Gasteiger partial charge is 0.139 e. The summed E-state index contributed by atoms with van der Waals surface area (Å²) in [5, 5.41) is 8.95. The van der Waals surface area contributed by atoms with Crippen molar-refractivity contribution in [1.29, 1.82) is 0 Å². The Kier molecular flexibility index (Phi) is 3.52. The summed E-state index contributed by atoms with van der Waals surface area (Å²) in [6, 6.07) is 18.5. The van der Waals surface area contributed by atoms with E-state index in [1.807, 2.05) is 41.3 Å². The second-order valence-corrected chi connectivity index (χ2v) is 5.45. The molecule has 0 amide bonds. The minimum atomic E-state index is 0.0935. The fourth-order valence-corrected chi connectivity index (χ4v) is 2.70. The maximum atomic E-state index is 4.63. The Morgan fingerprint density at radius 3 is 2.78 bits per heavy atom. The van der Waals surface area contributed by atoms with Crippen LogP contribution in [0.4, 0.5) is 5.82 Å². The number of hydrogen-bond acceptors (Lipinski definition) is 3. The Labute approximate surface area is 134 Å². The van der Waals surface area contributed by atoms with Gasteiger partial charge in [0.1, 0.15) is 11.5 Å². The van der Waals surface area contributed by atoms with Gasteiger partial charge in [-0.2, -0.15) is 5.10 Å². The van der Waals surface area contributed by atoms with Crippen LogP contribution in [-0.4, -0.2) is 19.7 Å². The maximum absolute atomic E-state index is 4.63. The quantitative estimate of drug-likeness (QED) is 0.592. The first-order valence-corrected chi connectivity index (χ1v) is 7.61. The highest BCUT2D eigenvalue weighted by molar-refractivity contribution is 5.77. The van der Waals surface area contributed by atoms with Gasteiger partial charge in [-0.05, 0) is 29.8 Å². The molecular formula is C18H17N5. The van der Waals surface area contributed by atoms with Gasteiger partial charge in [-0.25, -0.2) is 4.98 Å². The number of pyridine rings is 1. The largest absolute Gasteiger partial charge is 0.361 e. The van der Waals surface area contributed by atoms with Crippen LogP contribution in [0.3, 0.4) is 0 Å². The second kappa shape index (κ2) is 5.96. The number of rotatable bonds is 5. The standard InChI is InChI=1S/C18H17N5/c1-2-5-14(6-3-1)16(13-23-12-4-10-20-23)21-17-8-7-15-9-11-19-18(15)22-17/h1-12,16H,13H2,(H2,19,21,22). The average Bonchev–Trinajstić information content (AvgIpc) is 3.26. The minimum absolute atomic E-state index is 0.0935. The van der Waals surface area contributed by atoms with Crippen molar-refractivity contribution in [3.8, 4) is 0 Å². The number of nitrogens with one attached hydrogen (secondary N) is 2. The zero-order chi connectivity index (χ0) is 15.5. The molecule has 23 heavy (non-hydrogen) atoms. The van der Waals surface area contributed by atoms with Crippen molar-refractivity contribution in [2.45, 2.75) is 12.6 Å². The van der Waals surface area contributed by atoms with Crippen LogP contribution >= 0.6 is 0 Å². The lowest BCUT2D eigenvalue weighted by Gasteiger charge is -2.20. The van der Waals surface area contributed by atoms with Gasteiger partial charge in [-0.15, -0.1) is 0 Å². The number of hydrogen-bond donors (Lipinski definition) is 2. The molecule has 0 bridgehead atoms. The van der Waals surface area contributed by atoms with E-state index in [1.54, 1.807) is 6.20 Å². The summed E-state index contributed by atoms with van der Waals surface area (Å²) in [5.41, 5.74) is 2.09. The van der Waals surface area contributed by atoms with Gasteiger partial charge in [0.05, 0.1) is 12.6 Å². The van der Waals surface area contributed by atoms with Crippen molar-refractivity contribution >= 4 is 16.9 Å². The van der Waals surface area contributed by atoms with E-state index in [-0.39, 0.29) is 6.04 Å². The number of anilines is 1. The Balaban J connectivity index is 1.64. The normalized spacial score (nSPS) is 12.3. The van der Waals surface area contributed by atoms with Gasteiger partial charge in [0.2, 0.25) is 0 Å². The van der Waals surface area contributed by atoms with Crippen LogP contribution in [0.25, 0.3) is 11.0 Å². The summed E-state index contributed by atoms with van der Waals surface area (Å²) < 4.78 is 1.93. The minimum Gasteiger partial charge on any atom is -0.361 e. The molecule has 0 aliphatic heterocycles.